The van der Waals surface area contributed by atoms with E-state index in [0.717, 1.165) is 13.6 Å². The van der Waals surface area contributed by atoms with Gasteiger partial charge in [0, 0.05) is 11.3 Å². The van der Waals surface area contributed by atoms with Crippen LogP contribution in [0.1, 0.15) is 38.5 Å². The van der Waals surface area contributed by atoms with Crippen molar-refractivity contribution in [3.8, 4) is 0 Å². The number of nitrogens with zero attached hydrogens (tertiary/aromatic N) is 1. The molecular formula is C13H16BrNO3S. The quantitative estimate of drug-likeness (QED) is 0.835. The molecule has 104 valence electrons. The van der Waals surface area contributed by atoms with Gasteiger partial charge in [-0.3, -0.25) is 4.79 Å². The van der Waals surface area contributed by atoms with Gasteiger partial charge >= 0.3 is 6.09 Å². The molecule has 1 atom stereocenters. The maximum Gasteiger partial charge on any atom is 0.414 e. The van der Waals surface area contributed by atoms with Gasteiger partial charge in [0.25, 0.3) is 0 Å². The number of halogens is 1. The first-order valence-electron chi connectivity index (χ1n) is 6.02. The lowest BCUT2D eigenvalue weighted by Gasteiger charge is -2.45. The van der Waals surface area contributed by atoms with Crippen LogP contribution in [0.4, 0.5) is 4.79 Å². The van der Waals surface area contributed by atoms with Crippen LogP contribution >= 0.6 is 27.3 Å². The van der Waals surface area contributed by atoms with E-state index >= 15 is 0 Å². The summed E-state index contributed by atoms with van der Waals surface area (Å²) in [5.74, 6) is -0.313. The second-order valence-electron chi connectivity index (χ2n) is 5.73. The normalized spacial score (nSPS) is 24.0. The number of hydrogen-bond donors (Lipinski definition) is 1. The summed E-state index contributed by atoms with van der Waals surface area (Å²) in [4.78, 5) is 25.5. The van der Waals surface area contributed by atoms with E-state index in [1.54, 1.807) is 0 Å². The van der Waals surface area contributed by atoms with Gasteiger partial charge in [-0.15, -0.1) is 11.3 Å². The van der Waals surface area contributed by atoms with Gasteiger partial charge in [0.05, 0.1) is 9.33 Å². The average Bonchev–Trinajstić information content (AvgIpc) is 2.81. The number of amides is 2. The Morgan fingerprint density at radius 1 is 1.47 bits per heavy atom. The third-order valence-corrected chi connectivity index (χ3v) is 5.52. The largest absolute Gasteiger partial charge is 0.465 e. The average molecular weight is 346 g/mol. The molecule has 1 aromatic heterocycles. The molecule has 1 saturated heterocycles. The molecule has 0 aliphatic carbocycles. The molecule has 6 heteroatoms. The molecule has 1 aliphatic rings. The predicted molar refractivity (Wildman–Crippen MR) is 77.3 cm³/mol. The lowest BCUT2D eigenvalue weighted by molar-refractivity contribution is -0.131. The van der Waals surface area contributed by atoms with E-state index in [4.69, 9.17) is 0 Å². The summed E-state index contributed by atoms with van der Waals surface area (Å²) < 4.78 is 0.941. The molecule has 1 aromatic rings. The summed E-state index contributed by atoms with van der Waals surface area (Å²) in [6, 6.07) is 3.81. The number of rotatable bonds is 1. The number of carboxylic acid groups (broad SMARTS) is 1. The summed E-state index contributed by atoms with van der Waals surface area (Å²) in [5, 5.41) is 9.45. The lowest BCUT2D eigenvalue weighted by Crippen LogP contribution is -2.53. The van der Waals surface area contributed by atoms with Crippen molar-refractivity contribution in [1.29, 1.82) is 0 Å². The van der Waals surface area contributed by atoms with E-state index in [0.29, 0.717) is 6.42 Å². The number of likely N-dealkylation sites (tertiary alicyclic amines) is 1. The van der Waals surface area contributed by atoms with Crippen molar-refractivity contribution < 1.29 is 14.7 Å². The molecule has 0 spiro atoms. The molecule has 4 nitrogen and oxygen atoms in total. The molecule has 0 aromatic carbocycles. The van der Waals surface area contributed by atoms with Crippen LogP contribution < -0.4 is 0 Å². The molecule has 2 rings (SSSR count). The molecule has 1 fully saturated rings. The topological polar surface area (TPSA) is 57.6 Å². The minimum absolute atomic E-state index is 0.277. The molecule has 1 unspecified atom stereocenters. The van der Waals surface area contributed by atoms with E-state index < -0.39 is 11.6 Å². The highest BCUT2D eigenvalue weighted by atomic mass is 79.9. The highest BCUT2D eigenvalue weighted by Crippen LogP contribution is 2.53. The number of carbonyl (C=O) groups excluding carboxylic acids is 1. The van der Waals surface area contributed by atoms with Crippen LogP contribution in [-0.2, 0) is 10.3 Å². The fourth-order valence-electron chi connectivity index (χ4n) is 2.84. The van der Waals surface area contributed by atoms with E-state index in [2.05, 4.69) is 15.9 Å². The molecule has 0 radical (unpaired) electrons. The van der Waals surface area contributed by atoms with Gasteiger partial charge in [-0.2, -0.15) is 0 Å². The van der Waals surface area contributed by atoms with Crippen molar-refractivity contribution in [3.63, 3.8) is 0 Å². The van der Waals surface area contributed by atoms with Gasteiger partial charge in [-0.25, -0.2) is 9.69 Å². The standard InChI is InChI=1S/C13H16BrNO3S/c1-12(2,3)13(8-4-5-9(14)19-8)7-6-10(16)15(13)11(17)18/h4-5H,6-7H2,1-3H3,(H,17,18). The Balaban J connectivity index is 2.66. The van der Waals surface area contributed by atoms with Crippen molar-refractivity contribution in [3.05, 3.63) is 20.8 Å². The maximum absolute atomic E-state index is 12.0. The Hall–Kier alpha value is -0.880. The van der Waals surface area contributed by atoms with Gasteiger partial charge in [0.15, 0.2) is 0 Å². The Morgan fingerprint density at radius 2 is 2.11 bits per heavy atom. The second-order valence-corrected chi connectivity index (χ2v) is 8.19. The van der Waals surface area contributed by atoms with Crippen molar-refractivity contribution in [2.24, 2.45) is 5.41 Å². The van der Waals surface area contributed by atoms with Crippen LogP contribution in [-0.4, -0.2) is 22.0 Å². The van der Waals surface area contributed by atoms with Gasteiger partial charge in [-0.1, -0.05) is 20.8 Å². The monoisotopic (exact) mass is 345 g/mol. The zero-order valence-electron chi connectivity index (χ0n) is 11.1. The van der Waals surface area contributed by atoms with Gasteiger partial charge in [-0.05, 0) is 39.9 Å². The predicted octanol–water partition coefficient (Wildman–Crippen LogP) is 4.05. The van der Waals surface area contributed by atoms with Crippen LogP contribution in [0.3, 0.4) is 0 Å². The van der Waals surface area contributed by atoms with Crippen LogP contribution in [0.2, 0.25) is 0 Å². The Morgan fingerprint density at radius 3 is 2.53 bits per heavy atom. The molecule has 2 heterocycles. The summed E-state index contributed by atoms with van der Waals surface area (Å²) in [7, 11) is 0. The van der Waals surface area contributed by atoms with Crippen LogP contribution in [0.5, 0.6) is 0 Å². The molecule has 0 saturated carbocycles. The lowest BCUT2D eigenvalue weighted by atomic mass is 9.71. The Bertz CT molecular complexity index is 534. The fraction of sp³-hybridized carbons (Fsp3) is 0.538. The molecule has 1 aliphatic heterocycles. The smallest absolute Gasteiger partial charge is 0.414 e. The summed E-state index contributed by atoms with van der Waals surface area (Å²) in [6.07, 6.45) is -0.352. The fourth-order valence-corrected chi connectivity index (χ4v) is 4.65. The highest BCUT2D eigenvalue weighted by molar-refractivity contribution is 9.11. The first-order chi connectivity index (χ1) is 8.70. The third-order valence-electron chi connectivity index (χ3n) is 3.74. The van der Waals surface area contributed by atoms with Crippen LogP contribution in [0, 0.1) is 5.41 Å². The zero-order valence-corrected chi connectivity index (χ0v) is 13.5. The summed E-state index contributed by atoms with van der Waals surface area (Å²) in [5.41, 5.74) is -1.13. The van der Waals surface area contributed by atoms with Crippen molar-refractivity contribution >= 4 is 39.3 Å². The van der Waals surface area contributed by atoms with E-state index in [-0.39, 0.29) is 17.7 Å². The molecule has 0 bridgehead atoms. The Labute approximate surface area is 124 Å². The van der Waals surface area contributed by atoms with Crippen molar-refractivity contribution in [2.45, 2.75) is 39.2 Å². The maximum atomic E-state index is 12.0. The van der Waals surface area contributed by atoms with Gasteiger partial charge in [0.2, 0.25) is 5.91 Å². The number of imide groups is 1. The highest BCUT2D eigenvalue weighted by Gasteiger charge is 2.57. The van der Waals surface area contributed by atoms with Gasteiger partial charge in [0.1, 0.15) is 0 Å². The van der Waals surface area contributed by atoms with Crippen molar-refractivity contribution in [1.82, 2.24) is 4.90 Å². The molecule has 1 N–H and O–H groups in total. The Kier molecular flexibility index (Phi) is 3.51. The summed E-state index contributed by atoms with van der Waals surface area (Å²) >= 11 is 4.90. The van der Waals surface area contributed by atoms with Crippen LogP contribution in [0.25, 0.3) is 0 Å². The SMILES string of the molecule is CC(C)(C)C1(c2ccc(Br)s2)CCC(=O)N1C(=O)O. The van der Waals surface area contributed by atoms with Gasteiger partial charge < -0.3 is 5.11 Å². The minimum Gasteiger partial charge on any atom is -0.465 e. The van der Waals surface area contributed by atoms with Crippen molar-refractivity contribution in [2.75, 3.05) is 0 Å². The third kappa shape index (κ3) is 2.10. The first-order valence-corrected chi connectivity index (χ1v) is 7.63. The number of hydrogen-bond acceptors (Lipinski definition) is 3. The summed E-state index contributed by atoms with van der Waals surface area (Å²) in [6.45, 7) is 5.94. The number of carbonyl (C=O) groups is 2. The zero-order chi connectivity index (χ0) is 14.4. The van der Waals surface area contributed by atoms with E-state index in [1.165, 1.54) is 11.3 Å². The first kappa shape index (κ1) is 14.5. The number of thiophene rings is 1. The van der Waals surface area contributed by atoms with Crippen LogP contribution in [0.15, 0.2) is 15.9 Å². The molecule has 2 amide bonds. The second kappa shape index (κ2) is 4.59. The minimum atomic E-state index is -1.16. The molecule has 19 heavy (non-hydrogen) atoms. The van der Waals surface area contributed by atoms with E-state index in [1.807, 2.05) is 32.9 Å². The molecular weight excluding hydrogens is 330 g/mol. The van der Waals surface area contributed by atoms with E-state index in [9.17, 15) is 14.7 Å².